The number of fused-ring (bicyclic) bond motifs is 2. The van der Waals surface area contributed by atoms with Gasteiger partial charge in [0.15, 0.2) is 18.1 Å². The monoisotopic (exact) mass is 418 g/mol. The van der Waals surface area contributed by atoms with Crippen LogP contribution in [0.1, 0.15) is 33.6 Å². The van der Waals surface area contributed by atoms with Crippen LogP contribution in [0.3, 0.4) is 0 Å². The highest BCUT2D eigenvalue weighted by molar-refractivity contribution is 6.07. The lowest BCUT2D eigenvalue weighted by molar-refractivity contribution is -0.121. The molecule has 1 amide bonds. The molecular formula is C24H22N2O5. The van der Waals surface area contributed by atoms with Gasteiger partial charge in [-0.05, 0) is 42.2 Å². The van der Waals surface area contributed by atoms with Gasteiger partial charge in [-0.15, -0.1) is 0 Å². The molecule has 0 fully saturated rings. The van der Waals surface area contributed by atoms with Crippen LogP contribution in [0.2, 0.25) is 0 Å². The first kappa shape index (κ1) is 20.4. The fraction of sp³-hybridized carbons (Fsp3) is 0.208. The van der Waals surface area contributed by atoms with E-state index in [4.69, 9.17) is 24.9 Å². The summed E-state index contributed by atoms with van der Waals surface area (Å²) >= 11 is 0. The quantitative estimate of drug-likeness (QED) is 0.616. The van der Waals surface area contributed by atoms with E-state index in [-0.39, 0.29) is 0 Å². The number of hydrogen-bond donors (Lipinski definition) is 1. The lowest BCUT2D eigenvalue weighted by Gasteiger charge is -2.13. The van der Waals surface area contributed by atoms with Gasteiger partial charge in [-0.3, -0.25) is 4.79 Å². The summed E-state index contributed by atoms with van der Waals surface area (Å²) in [5, 5.41) is 0.691. The SMILES string of the molecule is COc1cccc(/C=C2/CCc3c2nc2ccccc2c3C(=O)OCC(N)=O)c1OC. The van der Waals surface area contributed by atoms with Crippen LogP contribution in [0.25, 0.3) is 22.6 Å². The van der Waals surface area contributed by atoms with E-state index in [9.17, 15) is 9.59 Å². The lowest BCUT2D eigenvalue weighted by atomic mass is 10.0. The molecule has 1 aromatic heterocycles. The van der Waals surface area contributed by atoms with Crippen LogP contribution in [0.15, 0.2) is 42.5 Å². The first-order valence-electron chi connectivity index (χ1n) is 9.82. The molecule has 2 aromatic carbocycles. The standard InChI is InChI=1S/C24H22N2O5/c1-29-19-9-5-6-15(23(19)30-2)12-14-10-11-17-21(24(28)31-13-20(25)27)16-7-3-4-8-18(16)26-22(14)17/h3-9,12H,10-11,13H2,1-2H3,(H2,25,27)/b14-12-. The molecule has 3 aromatic rings. The number of ether oxygens (including phenoxy) is 3. The molecule has 1 aliphatic rings. The highest BCUT2D eigenvalue weighted by Crippen LogP contribution is 2.40. The van der Waals surface area contributed by atoms with Gasteiger partial charge in [-0.1, -0.05) is 30.3 Å². The predicted molar refractivity (Wildman–Crippen MR) is 117 cm³/mol. The molecule has 0 saturated heterocycles. The third-order valence-corrected chi connectivity index (χ3v) is 5.25. The van der Waals surface area contributed by atoms with Crippen molar-refractivity contribution in [3.8, 4) is 11.5 Å². The van der Waals surface area contributed by atoms with Crippen molar-refractivity contribution < 1.29 is 23.8 Å². The van der Waals surface area contributed by atoms with E-state index in [1.165, 1.54) is 0 Å². The Morgan fingerprint density at radius 3 is 2.61 bits per heavy atom. The van der Waals surface area contributed by atoms with E-state index in [0.29, 0.717) is 40.8 Å². The van der Waals surface area contributed by atoms with Gasteiger partial charge in [0.05, 0.1) is 31.0 Å². The maximum Gasteiger partial charge on any atom is 0.339 e. The molecule has 1 heterocycles. The highest BCUT2D eigenvalue weighted by Gasteiger charge is 2.28. The fourth-order valence-corrected chi connectivity index (χ4v) is 3.93. The van der Waals surface area contributed by atoms with E-state index < -0.39 is 18.5 Å². The summed E-state index contributed by atoms with van der Waals surface area (Å²) in [7, 11) is 3.19. The Morgan fingerprint density at radius 1 is 1.06 bits per heavy atom. The van der Waals surface area contributed by atoms with Crippen LogP contribution in [0.4, 0.5) is 0 Å². The van der Waals surface area contributed by atoms with Crippen molar-refractivity contribution >= 4 is 34.4 Å². The Balaban J connectivity index is 1.86. The number of allylic oxidation sites excluding steroid dienone is 1. The Bertz CT molecular complexity index is 1220. The van der Waals surface area contributed by atoms with Crippen molar-refractivity contribution in [3.63, 3.8) is 0 Å². The average molecular weight is 418 g/mol. The van der Waals surface area contributed by atoms with E-state index in [2.05, 4.69) is 0 Å². The summed E-state index contributed by atoms with van der Waals surface area (Å²) in [5.41, 5.74) is 9.65. The Labute approximate surface area is 179 Å². The number of esters is 1. The van der Waals surface area contributed by atoms with Crippen molar-refractivity contribution in [2.75, 3.05) is 20.8 Å². The number of carbonyl (C=O) groups excluding carboxylic acids is 2. The second-order valence-electron chi connectivity index (χ2n) is 7.13. The molecule has 0 radical (unpaired) electrons. The maximum absolute atomic E-state index is 12.9. The van der Waals surface area contributed by atoms with Crippen molar-refractivity contribution in [3.05, 3.63) is 64.8 Å². The number of benzene rings is 2. The van der Waals surface area contributed by atoms with Crippen molar-refractivity contribution in [2.24, 2.45) is 5.73 Å². The zero-order valence-corrected chi connectivity index (χ0v) is 17.3. The first-order chi connectivity index (χ1) is 15.0. The Hall–Kier alpha value is -3.87. The number of pyridine rings is 1. The summed E-state index contributed by atoms with van der Waals surface area (Å²) < 4.78 is 16.1. The number of carbonyl (C=O) groups is 2. The van der Waals surface area contributed by atoms with E-state index in [0.717, 1.165) is 22.4 Å². The van der Waals surface area contributed by atoms with Gasteiger partial charge in [-0.2, -0.15) is 0 Å². The Morgan fingerprint density at radius 2 is 1.87 bits per heavy atom. The van der Waals surface area contributed by atoms with E-state index >= 15 is 0 Å². The number of amides is 1. The number of methoxy groups -OCH3 is 2. The van der Waals surface area contributed by atoms with Crippen LogP contribution in [0, 0.1) is 0 Å². The number of primary amides is 1. The normalized spacial score (nSPS) is 13.8. The molecule has 7 nitrogen and oxygen atoms in total. The molecule has 0 aliphatic heterocycles. The zero-order chi connectivity index (χ0) is 22.0. The molecule has 0 atom stereocenters. The molecule has 0 bridgehead atoms. The predicted octanol–water partition coefficient (Wildman–Crippen LogP) is 3.38. The Kier molecular flexibility index (Phi) is 5.58. The average Bonchev–Trinajstić information content (AvgIpc) is 3.17. The number of aromatic nitrogens is 1. The summed E-state index contributed by atoms with van der Waals surface area (Å²) in [5.74, 6) is -0.00647. The summed E-state index contributed by atoms with van der Waals surface area (Å²) in [4.78, 5) is 28.8. The maximum atomic E-state index is 12.9. The van der Waals surface area contributed by atoms with Gasteiger partial charge < -0.3 is 19.9 Å². The van der Waals surface area contributed by atoms with Gasteiger partial charge in [0.25, 0.3) is 5.91 Å². The fourth-order valence-electron chi connectivity index (χ4n) is 3.93. The number of rotatable bonds is 6. The molecule has 158 valence electrons. The van der Waals surface area contributed by atoms with Crippen LogP contribution >= 0.6 is 0 Å². The summed E-state index contributed by atoms with van der Waals surface area (Å²) in [6.45, 7) is -0.464. The molecule has 2 N–H and O–H groups in total. The minimum absolute atomic E-state index is 0.433. The number of para-hydroxylation sites is 2. The van der Waals surface area contributed by atoms with E-state index in [1.54, 1.807) is 14.2 Å². The number of nitrogens with zero attached hydrogens (tertiary/aromatic N) is 1. The van der Waals surface area contributed by atoms with Crippen LogP contribution in [0.5, 0.6) is 11.5 Å². The number of hydrogen-bond acceptors (Lipinski definition) is 6. The molecule has 31 heavy (non-hydrogen) atoms. The minimum atomic E-state index is -0.700. The van der Waals surface area contributed by atoms with Crippen LogP contribution in [-0.4, -0.2) is 37.7 Å². The molecule has 0 spiro atoms. The molecular weight excluding hydrogens is 396 g/mol. The van der Waals surface area contributed by atoms with E-state index in [1.807, 2.05) is 48.5 Å². The first-order valence-corrected chi connectivity index (χ1v) is 9.82. The molecule has 7 heteroatoms. The molecule has 4 rings (SSSR count). The molecule has 0 saturated carbocycles. The van der Waals surface area contributed by atoms with Crippen molar-refractivity contribution in [1.82, 2.24) is 4.98 Å². The van der Waals surface area contributed by atoms with Gasteiger partial charge in [0.2, 0.25) is 0 Å². The van der Waals surface area contributed by atoms with Gasteiger partial charge in [0.1, 0.15) is 0 Å². The second-order valence-corrected chi connectivity index (χ2v) is 7.13. The molecule has 0 unspecified atom stereocenters. The molecule has 1 aliphatic carbocycles. The van der Waals surface area contributed by atoms with Crippen LogP contribution < -0.4 is 15.2 Å². The lowest BCUT2D eigenvalue weighted by Crippen LogP contribution is -2.21. The smallest absolute Gasteiger partial charge is 0.339 e. The number of nitrogens with two attached hydrogens (primary N) is 1. The topological polar surface area (TPSA) is 101 Å². The summed E-state index contributed by atoms with van der Waals surface area (Å²) in [6.07, 6.45) is 3.34. The zero-order valence-electron chi connectivity index (χ0n) is 17.3. The van der Waals surface area contributed by atoms with Crippen molar-refractivity contribution in [1.29, 1.82) is 0 Å². The highest BCUT2D eigenvalue weighted by atomic mass is 16.5. The second kappa shape index (κ2) is 8.47. The van der Waals surface area contributed by atoms with Crippen LogP contribution in [-0.2, 0) is 16.0 Å². The minimum Gasteiger partial charge on any atom is -0.493 e. The third kappa shape index (κ3) is 3.82. The van der Waals surface area contributed by atoms with Crippen molar-refractivity contribution in [2.45, 2.75) is 12.8 Å². The largest absolute Gasteiger partial charge is 0.493 e. The van der Waals surface area contributed by atoms with Gasteiger partial charge >= 0.3 is 5.97 Å². The van der Waals surface area contributed by atoms with Gasteiger partial charge in [0, 0.05) is 10.9 Å². The van der Waals surface area contributed by atoms with Gasteiger partial charge in [-0.25, -0.2) is 9.78 Å². The summed E-state index contributed by atoms with van der Waals surface area (Å²) in [6, 6.07) is 13.1. The third-order valence-electron chi connectivity index (χ3n) is 5.25.